The number of carbonyl (C=O) groups is 2. The van der Waals surface area contributed by atoms with E-state index in [0.717, 1.165) is 28.9 Å². The van der Waals surface area contributed by atoms with Crippen LogP contribution in [0, 0.1) is 0 Å². The zero-order valence-corrected chi connectivity index (χ0v) is 12.5. The molecule has 0 saturated heterocycles. The summed E-state index contributed by atoms with van der Waals surface area (Å²) in [5.74, 6) is -0.139. The summed E-state index contributed by atoms with van der Waals surface area (Å²) in [6.07, 6.45) is 0.822. The van der Waals surface area contributed by atoms with Crippen molar-refractivity contribution >= 4 is 23.4 Å². The Morgan fingerprint density at radius 3 is 2.77 bits per heavy atom. The minimum absolute atomic E-state index is 0.0450. The monoisotopic (exact) mass is 299 g/mol. The molecule has 0 saturated carbocycles. The van der Waals surface area contributed by atoms with Gasteiger partial charge in [0.05, 0.1) is 7.11 Å². The average Bonchev–Trinajstić information content (AvgIpc) is 3.09. The Morgan fingerprint density at radius 1 is 1.32 bits per heavy atom. The van der Waals surface area contributed by atoms with E-state index in [0.29, 0.717) is 12.1 Å². The maximum absolute atomic E-state index is 11.6. The van der Waals surface area contributed by atoms with Crippen molar-refractivity contribution in [2.45, 2.75) is 13.3 Å². The number of nitrogens with one attached hydrogen (secondary N) is 1. The largest absolute Gasteiger partial charge is 0.465 e. The van der Waals surface area contributed by atoms with Crippen LogP contribution in [0.15, 0.2) is 24.3 Å². The molecule has 6 nitrogen and oxygen atoms in total. The highest BCUT2D eigenvalue weighted by atomic mass is 16.5. The zero-order chi connectivity index (χ0) is 15.9. The third kappa shape index (κ3) is 2.22. The number of nitrogens with two attached hydrogens (primary N) is 1. The smallest absolute Gasteiger partial charge is 0.341 e. The van der Waals surface area contributed by atoms with E-state index in [2.05, 4.69) is 4.98 Å². The second-order valence-corrected chi connectivity index (χ2v) is 5.27. The topological polar surface area (TPSA) is 88.4 Å². The molecular formula is C16H17N3O3. The van der Waals surface area contributed by atoms with Crippen molar-refractivity contribution in [2.24, 2.45) is 0 Å². The minimum atomic E-state index is -0.469. The summed E-state index contributed by atoms with van der Waals surface area (Å²) in [6, 6.07) is 7.53. The van der Waals surface area contributed by atoms with E-state index in [4.69, 9.17) is 10.5 Å². The molecule has 0 spiro atoms. The molecule has 1 amide bonds. The van der Waals surface area contributed by atoms with Crippen molar-refractivity contribution in [2.75, 3.05) is 24.3 Å². The summed E-state index contributed by atoms with van der Waals surface area (Å²) in [6.45, 7) is 2.27. The Morgan fingerprint density at radius 2 is 2.09 bits per heavy atom. The van der Waals surface area contributed by atoms with Gasteiger partial charge < -0.3 is 20.4 Å². The molecule has 0 unspecified atom stereocenters. The fourth-order valence-electron chi connectivity index (χ4n) is 2.80. The number of aromatic nitrogens is 1. The molecule has 6 heteroatoms. The molecule has 1 aromatic heterocycles. The standard InChI is InChI=1S/C16H17N3O3/c1-9(20)19-6-5-11-7-10(3-4-14(11)19)13-8-12(15(17)18-13)16(21)22-2/h3-4,7-8,18H,5-6,17H2,1-2H3. The third-order valence-corrected chi connectivity index (χ3v) is 3.92. The number of fused-ring (bicyclic) bond motifs is 1. The molecule has 3 rings (SSSR count). The number of benzene rings is 1. The highest BCUT2D eigenvalue weighted by Gasteiger charge is 2.23. The average molecular weight is 299 g/mol. The Bertz CT molecular complexity index is 764. The molecule has 1 aromatic carbocycles. The number of hydrogen-bond acceptors (Lipinski definition) is 4. The van der Waals surface area contributed by atoms with Gasteiger partial charge >= 0.3 is 5.97 Å². The molecule has 0 fully saturated rings. The lowest BCUT2D eigenvalue weighted by atomic mass is 10.1. The number of amides is 1. The van der Waals surface area contributed by atoms with Crippen molar-refractivity contribution < 1.29 is 14.3 Å². The van der Waals surface area contributed by atoms with Gasteiger partial charge in [-0.3, -0.25) is 4.79 Å². The second-order valence-electron chi connectivity index (χ2n) is 5.27. The van der Waals surface area contributed by atoms with Crippen molar-refractivity contribution in [3.8, 4) is 11.3 Å². The van der Waals surface area contributed by atoms with Gasteiger partial charge in [-0.1, -0.05) is 6.07 Å². The van der Waals surface area contributed by atoms with Gasteiger partial charge in [0.1, 0.15) is 11.4 Å². The highest BCUT2D eigenvalue weighted by molar-refractivity contribution is 5.97. The number of carbonyl (C=O) groups excluding carboxylic acids is 2. The number of anilines is 2. The Kier molecular flexibility index (Phi) is 3.36. The quantitative estimate of drug-likeness (QED) is 0.830. The van der Waals surface area contributed by atoms with Crippen LogP contribution in [0.2, 0.25) is 0 Å². The molecular weight excluding hydrogens is 282 g/mol. The predicted octanol–water partition coefficient (Wildman–Crippen LogP) is 1.96. The summed E-state index contributed by atoms with van der Waals surface area (Å²) in [5.41, 5.74) is 9.88. The van der Waals surface area contributed by atoms with E-state index < -0.39 is 5.97 Å². The van der Waals surface area contributed by atoms with Gasteiger partial charge in [0.2, 0.25) is 5.91 Å². The van der Waals surface area contributed by atoms with Crippen LogP contribution < -0.4 is 10.6 Å². The van der Waals surface area contributed by atoms with Crippen molar-refractivity contribution in [1.29, 1.82) is 0 Å². The van der Waals surface area contributed by atoms with Crippen molar-refractivity contribution in [1.82, 2.24) is 4.98 Å². The molecule has 1 aliphatic rings. The number of esters is 1. The molecule has 2 heterocycles. The first-order chi connectivity index (χ1) is 10.5. The Hall–Kier alpha value is -2.76. The fourth-order valence-corrected chi connectivity index (χ4v) is 2.80. The number of rotatable bonds is 2. The van der Waals surface area contributed by atoms with Gasteiger partial charge in [0.15, 0.2) is 0 Å². The third-order valence-electron chi connectivity index (χ3n) is 3.92. The van der Waals surface area contributed by atoms with Crippen LogP contribution in [-0.2, 0) is 16.0 Å². The van der Waals surface area contributed by atoms with Crippen LogP contribution in [0.3, 0.4) is 0 Å². The number of H-pyrrole nitrogens is 1. The lowest BCUT2D eigenvalue weighted by Crippen LogP contribution is -2.25. The SMILES string of the molecule is COC(=O)c1cc(-c2ccc3c(c2)CCN3C(C)=O)[nH]c1N. The highest BCUT2D eigenvalue weighted by Crippen LogP contribution is 2.33. The molecule has 0 radical (unpaired) electrons. The molecule has 0 atom stereocenters. The van der Waals surface area contributed by atoms with Crippen LogP contribution in [0.4, 0.5) is 11.5 Å². The molecule has 22 heavy (non-hydrogen) atoms. The zero-order valence-electron chi connectivity index (χ0n) is 12.5. The van der Waals surface area contributed by atoms with Crippen molar-refractivity contribution in [3.63, 3.8) is 0 Å². The van der Waals surface area contributed by atoms with Crippen LogP contribution in [0.25, 0.3) is 11.3 Å². The number of methoxy groups -OCH3 is 1. The van der Waals surface area contributed by atoms with E-state index in [-0.39, 0.29) is 11.7 Å². The van der Waals surface area contributed by atoms with Gasteiger partial charge in [-0.15, -0.1) is 0 Å². The Balaban J connectivity index is 1.98. The lowest BCUT2D eigenvalue weighted by molar-refractivity contribution is -0.116. The Labute approximate surface area is 127 Å². The van der Waals surface area contributed by atoms with E-state index >= 15 is 0 Å². The maximum atomic E-state index is 11.6. The molecule has 1 aliphatic heterocycles. The molecule has 0 aliphatic carbocycles. The van der Waals surface area contributed by atoms with Crippen LogP contribution in [0.5, 0.6) is 0 Å². The number of aromatic amines is 1. The number of hydrogen-bond donors (Lipinski definition) is 2. The summed E-state index contributed by atoms with van der Waals surface area (Å²) < 4.78 is 4.70. The van der Waals surface area contributed by atoms with Gasteiger partial charge in [-0.2, -0.15) is 0 Å². The van der Waals surface area contributed by atoms with Crippen LogP contribution in [-0.4, -0.2) is 30.5 Å². The number of nitrogens with zero attached hydrogens (tertiary/aromatic N) is 1. The van der Waals surface area contributed by atoms with Gasteiger partial charge in [0, 0.05) is 24.8 Å². The van der Waals surface area contributed by atoms with E-state index in [9.17, 15) is 9.59 Å². The summed E-state index contributed by atoms with van der Waals surface area (Å²) in [7, 11) is 1.32. The number of nitrogen functional groups attached to an aromatic ring is 1. The number of ether oxygens (including phenoxy) is 1. The normalized spacial score (nSPS) is 13.1. The fraction of sp³-hybridized carbons (Fsp3) is 0.250. The first kappa shape index (κ1) is 14.2. The molecule has 0 bridgehead atoms. The van der Waals surface area contributed by atoms with Crippen molar-refractivity contribution in [3.05, 3.63) is 35.4 Å². The molecule has 2 aromatic rings. The first-order valence-corrected chi connectivity index (χ1v) is 6.99. The summed E-state index contributed by atoms with van der Waals surface area (Å²) in [5, 5.41) is 0. The van der Waals surface area contributed by atoms with Crippen LogP contribution >= 0.6 is 0 Å². The molecule has 114 valence electrons. The first-order valence-electron chi connectivity index (χ1n) is 6.99. The summed E-state index contributed by atoms with van der Waals surface area (Å²) in [4.78, 5) is 28.0. The summed E-state index contributed by atoms with van der Waals surface area (Å²) >= 11 is 0. The minimum Gasteiger partial charge on any atom is -0.465 e. The predicted molar refractivity (Wildman–Crippen MR) is 83.7 cm³/mol. The second kappa shape index (κ2) is 5.22. The lowest BCUT2D eigenvalue weighted by Gasteiger charge is -2.14. The van der Waals surface area contributed by atoms with Gasteiger partial charge in [0.25, 0.3) is 0 Å². The molecule has 3 N–H and O–H groups in total. The van der Waals surface area contributed by atoms with Gasteiger partial charge in [-0.25, -0.2) is 4.79 Å². The van der Waals surface area contributed by atoms with E-state index in [1.165, 1.54) is 7.11 Å². The van der Waals surface area contributed by atoms with Crippen LogP contribution in [0.1, 0.15) is 22.8 Å². The van der Waals surface area contributed by atoms with E-state index in [1.54, 1.807) is 17.9 Å². The maximum Gasteiger partial charge on any atom is 0.341 e. The van der Waals surface area contributed by atoms with E-state index in [1.807, 2.05) is 18.2 Å². The van der Waals surface area contributed by atoms with Gasteiger partial charge in [-0.05, 0) is 35.7 Å².